The van der Waals surface area contributed by atoms with E-state index in [-0.39, 0.29) is 0 Å². The van der Waals surface area contributed by atoms with E-state index < -0.39 is 0 Å². The average Bonchev–Trinajstić information content (AvgIpc) is 2.41. The molecule has 0 radical (unpaired) electrons. The van der Waals surface area contributed by atoms with E-state index in [0.29, 0.717) is 12.4 Å². The van der Waals surface area contributed by atoms with Crippen LogP contribution in [0, 0.1) is 0 Å². The molecule has 2 heterocycles. The Morgan fingerprint density at radius 1 is 1.26 bits per heavy atom. The van der Waals surface area contributed by atoms with Gasteiger partial charge in [-0.1, -0.05) is 0 Å². The maximum atomic E-state index is 5.15. The summed E-state index contributed by atoms with van der Waals surface area (Å²) in [5.74, 6) is 1.32. The van der Waals surface area contributed by atoms with Gasteiger partial charge < -0.3 is 10.1 Å². The molecule has 0 aliphatic rings. The molecule has 0 aromatic carbocycles. The van der Waals surface area contributed by atoms with Gasteiger partial charge in [0.1, 0.15) is 5.82 Å². The number of hydrogen-bond donors (Lipinski definition) is 1. The van der Waals surface area contributed by atoms with Gasteiger partial charge in [-0.25, -0.2) is 9.97 Å². The van der Waals surface area contributed by atoms with Crippen molar-refractivity contribution < 1.29 is 4.74 Å². The molecule has 2 aromatic heterocycles. The van der Waals surface area contributed by atoms with Crippen LogP contribution >= 0.6 is 31.9 Å². The number of anilines is 1. The zero-order valence-electron chi connectivity index (χ0n) is 10.4. The van der Waals surface area contributed by atoms with Gasteiger partial charge in [-0.3, -0.25) is 4.98 Å². The van der Waals surface area contributed by atoms with Crippen LogP contribution in [-0.4, -0.2) is 29.1 Å². The summed E-state index contributed by atoms with van der Waals surface area (Å²) >= 11 is 6.86. The van der Waals surface area contributed by atoms with E-state index in [0.717, 1.165) is 26.0 Å². The molecule has 0 atom stereocenters. The third kappa shape index (κ3) is 3.29. The summed E-state index contributed by atoms with van der Waals surface area (Å²) in [5, 5.41) is 3.03. The Morgan fingerprint density at radius 2 is 2.05 bits per heavy atom. The van der Waals surface area contributed by atoms with Crippen LogP contribution in [0.4, 0.5) is 5.82 Å². The van der Waals surface area contributed by atoms with E-state index in [1.54, 1.807) is 19.5 Å². The van der Waals surface area contributed by atoms with E-state index in [2.05, 4.69) is 52.1 Å². The summed E-state index contributed by atoms with van der Waals surface area (Å²) in [6.45, 7) is 0.409. The van der Waals surface area contributed by atoms with Crippen LogP contribution in [0.1, 0.15) is 5.69 Å². The summed E-state index contributed by atoms with van der Waals surface area (Å²) in [7, 11) is 3.44. The van der Waals surface area contributed by atoms with E-state index in [4.69, 9.17) is 4.74 Å². The lowest BCUT2D eigenvalue weighted by Gasteiger charge is -2.10. The molecule has 19 heavy (non-hydrogen) atoms. The first-order valence-corrected chi connectivity index (χ1v) is 7.08. The van der Waals surface area contributed by atoms with E-state index in [1.165, 1.54) is 0 Å². The largest absolute Gasteiger partial charge is 0.378 e. The van der Waals surface area contributed by atoms with Crippen LogP contribution in [0.25, 0.3) is 11.4 Å². The number of ether oxygens (including phenoxy) is 1. The standard InChI is InChI=1S/C12H12Br2N4O/c1-15-12-10(14)9(6-19-2)17-11(18-12)7-3-8(13)5-16-4-7/h3-5H,6H2,1-2H3,(H,15,17,18). The van der Waals surface area contributed by atoms with Crippen molar-refractivity contribution in [3.8, 4) is 11.4 Å². The van der Waals surface area contributed by atoms with Crippen LogP contribution in [0.5, 0.6) is 0 Å². The normalized spacial score (nSPS) is 10.5. The lowest BCUT2D eigenvalue weighted by molar-refractivity contribution is 0.181. The minimum atomic E-state index is 0.409. The molecule has 0 spiro atoms. The SMILES string of the molecule is CNc1nc(-c2cncc(Br)c2)nc(COC)c1Br. The van der Waals surface area contributed by atoms with Crippen LogP contribution in [-0.2, 0) is 11.3 Å². The van der Waals surface area contributed by atoms with E-state index in [1.807, 2.05) is 13.1 Å². The molecule has 0 bridgehead atoms. The molecule has 100 valence electrons. The second-order valence-corrected chi connectivity index (χ2v) is 5.44. The molecule has 1 N–H and O–H groups in total. The number of halogens is 2. The van der Waals surface area contributed by atoms with Crippen LogP contribution in [0.3, 0.4) is 0 Å². The van der Waals surface area contributed by atoms with Gasteiger partial charge in [0.2, 0.25) is 0 Å². The second kappa shape index (κ2) is 6.40. The fourth-order valence-electron chi connectivity index (χ4n) is 1.55. The fraction of sp³-hybridized carbons (Fsp3) is 0.250. The van der Waals surface area contributed by atoms with Gasteiger partial charge >= 0.3 is 0 Å². The first-order chi connectivity index (χ1) is 9.15. The minimum absolute atomic E-state index is 0.409. The Balaban J connectivity index is 2.54. The maximum Gasteiger partial charge on any atom is 0.163 e. The first-order valence-electron chi connectivity index (χ1n) is 5.49. The Labute approximate surface area is 128 Å². The maximum absolute atomic E-state index is 5.15. The molecule has 2 rings (SSSR count). The van der Waals surface area contributed by atoms with Crippen molar-refractivity contribution in [3.05, 3.63) is 33.1 Å². The Kier molecular flexibility index (Phi) is 4.84. The Bertz CT molecular complexity index is 592. The quantitative estimate of drug-likeness (QED) is 0.872. The van der Waals surface area contributed by atoms with E-state index in [9.17, 15) is 0 Å². The molecule has 7 heteroatoms. The third-order valence-electron chi connectivity index (χ3n) is 2.40. The molecule has 5 nitrogen and oxygen atoms in total. The summed E-state index contributed by atoms with van der Waals surface area (Å²) in [6, 6.07) is 1.92. The molecule has 0 unspecified atom stereocenters. The average molecular weight is 388 g/mol. The highest BCUT2D eigenvalue weighted by Gasteiger charge is 2.13. The predicted octanol–water partition coefficient (Wildman–Crippen LogP) is 3.25. The first kappa shape index (κ1) is 14.4. The minimum Gasteiger partial charge on any atom is -0.378 e. The third-order valence-corrected chi connectivity index (χ3v) is 3.67. The van der Waals surface area contributed by atoms with Gasteiger partial charge in [-0.15, -0.1) is 0 Å². The highest BCUT2D eigenvalue weighted by atomic mass is 79.9. The molecule has 0 aliphatic heterocycles. The number of aromatic nitrogens is 3. The monoisotopic (exact) mass is 386 g/mol. The van der Waals surface area contributed by atoms with Gasteiger partial charge in [0.05, 0.1) is 16.8 Å². The second-order valence-electron chi connectivity index (χ2n) is 3.73. The highest BCUT2D eigenvalue weighted by Crippen LogP contribution is 2.27. The number of pyridine rings is 1. The summed E-state index contributed by atoms with van der Waals surface area (Å²) in [4.78, 5) is 13.1. The smallest absolute Gasteiger partial charge is 0.163 e. The molecular formula is C12H12Br2N4O. The van der Waals surface area contributed by atoms with Crippen molar-refractivity contribution in [3.63, 3.8) is 0 Å². The van der Waals surface area contributed by atoms with Crippen molar-refractivity contribution in [1.82, 2.24) is 15.0 Å². The number of hydrogen-bond acceptors (Lipinski definition) is 5. The van der Waals surface area contributed by atoms with Gasteiger partial charge in [0.15, 0.2) is 5.82 Å². The topological polar surface area (TPSA) is 59.9 Å². The molecule has 0 fully saturated rings. The van der Waals surface area contributed by atoms with Gasteiger partial charge in [-0.2, -0.15) is 0 Å². The Hall–Kier alpha value is -1.05. The molecule has 2 aromatic rings. The number of nitrogens with one attached hydrogen (secondary N) is 1. The molecule has 0 saturated heterocycles. The van der Waals surface area contributed by atoms with Gasteiger partial charge in [-0.05, 0) is 37.9 Å². The number of nitrogens with zero attached hydrogens (tertiary/aromatic N) is 3. The van der Waals surface area contributed by atoms with Gasteiger partial charge in [0.25, 0.3) is 0 Å². The fourth-order valence-corrected chi connectivity index (χ4v) is 2.41. The zero-order chi connectivity index (χ0) is 13.8. The molecule has 0 saturated carbocycles. The number of rotatable bonds is 4. The molecule has 0 aliphatic carbocycles. The lowest BCUT2D eigenvalue weighted by Crippen LogP contribution is -2.04. The molecule has 0 amide bonds. The summed E-state index contributed by atoms with van der Waals surface area (Å²) < 4.78 is 6.84. The summed E-state index contributed by atoms with van der Waals surface area (Å²) in [5.41, 5.74) is 1.63. The zero-order valence-corrected chi connectivity index (χ0v) is 13.6. The van der Waals surface area contributed by atoms with Crippen LogP contribution < -0.4 is 5.32 Å². The van der Waals surface area contributed by atoms with Crippen molar-refractivity contribution >= 4 is 37.7 Å². The predicted molar refractivity (Wildman–Crippen MR) is 80.9 cm³/mol. The van der Waals surface area contributed by atoms with Crippen molar-refractivity contribution in [2.75, 3.05) is 19.5 Å². The Morgan fingerprint density at radius 3 is 2.68 bits per heavy atom. The summed E-state index contributed by atoms with van der Waals surface area (Å²) in [6.07, 6.45) is 3.45. The van der Waals surface area contributed by atoms with Crippen LogP contribution in [0.15, 0.2) is 27.4 Å². The van der Waals surface area contributed by atoms with Crippen LogP contribution in [0.2, 0.25) is 0 Å². The van der Waals surface area contributed by atoms with Crippen molar-refractivity contribution in [2.24, 2.45) is 0 Å². The van der Waals surface area contributed by atoms with Gasteiger partial charge in [0, 0.05) is 36.6 Å². The van der Waals surface area contributed by atoms with Crippen molar-refractivity contribution in [1.29, 1.82) is 0 Å². The highest BCUT2D eigenvalue weighted by molar-refractivity contribution is 9.11. The molecular weight excluding hydrogens is 376 g/mol. The number of methoxy groups -OCH3 is 1. The van der Waals surface area contributed by atoms with E-state index >= 15 is 0 Å². The van der Waals surface area contributed by atoms with Crippen molar-refractivity contribution in [2.45, 2.75) is 6.61 Å². The lowest BCUT2D eigenvalue weighted by atomic mass is 10.2.